The van der Waals surface area contributed by atoms with Gasteiger partial charge in [-0.15, -0.1) is 0 Å². The van der Waals surface area contributed by atoms with Gasteiger partial charge in [0.2, 0.25) is 16.0 Å². The monoisotopic (exact) mass is 564 g/mol. The van der Waals surface area contributed by atoms with Gasteiger partial charge in [-0.25, -0.2) is 13.4 Å². The minimum atomic E-state index is -3.80. The summed E-state index contributed by atoms with van der Waals surface area (Å²) in [5.41, 5.74) is 8.99. The number of carbonyl (C=O) groups excluding carboxylic acids is 1. The van der Waals surface area contributed by atoms with Gasteiger partial charge in [-0.3, -0.25) is 4.79 Å². The van der Waals surface area contributed by atoms with Gasteiger partial charge in [0.15, 0.2) is 0 Å². The molecule has 0 saturated heterocycles. The zero-order chi connectivity index (χ0) is 28.9. The molecule has 4 aromatic rings. The summed E-state index contributed by atoms with van der Waals surface area (Å²) in [6.45, 7) is 3.85. The molecule has 2 aromatic heterocycles. The molecule has 0 atom stereocenters. The SMILES string of the molecule is COc1cc(C)c(S(=O)(=O)N(C)Cc2cc(C(=O)NCCc3ccc(Nc4ccnc(N)n4)cc3)co2)c(C)c1. The molecule has 2 heterocycles. The molecule has 0 saturated carbocycles. The molecule has 0 aliphatic carbocycles. The molecule has 0 aliphatic heterocycles. The van der Waals surface area contributed by atoms with Gasteiger partial charge < -0.3 is 25.5 Å². The van der Waals surface area contributed by atoms with Crippen LogP contribution in [0.15, 0.2) is 70.3 Å². The summed E-state index contributed by atoms with van der Waals surface area (Å²) >= 11 is 0. The number of ether oxygens (including phenoxy) is 1. The van der Waals surface area contributed by atoms with Gasteiger partial charge in [0.1, 0.15) is 23.6 Å². The normalized spacial score (nSPS) is 11.4. The Kier molecular flexibility index (Phi) is 8.70. The number of sulfonamides is 1. The Hall–Kier alpha value is -4.42. The number of aromatic nitrogens is 2. The largest absolute Gasteiger partial charge is 0.497 e. The summed E-state index contributed by atoms with van der Waals surface area (Å²) in [5, 5.41) is 6.02. The van der Waals surface area contributed by atoms with Crippen LogP contribution in [-0.4, -0.2) is 49.3 Å². The van der Waals surface area contributed by atoms with Gasteiger partial charge in [0.25, 0.3) is 5.91 Å². The summed E-state index contributed by atoms with van der Waals surface area (Å²) in [4.78, 5) is 20.8. The molecule has 4 rings (SSSR count). The Morgan fingerprint density at radius 2 is 1.80 bits per heavy atom. The molecular formula is C28H32N6O5S. The van der Waals surface area contributed by atoms with E-state index in [9.17, 15) is 13.2 Å². The maximum absolute atomic E-state index is 13.3. The van der Waals surface area contributed by atoms with Crippen LogP contribution < -0.4 is 21.1 Å². The maximum atomic E-state index is 13.3. The van der Waals surface area contributed by atoms with E-state index in [0.29, 0.717) is 47.0 Å². The van der Waals surface area contributed by atoms with E-state index in [1.807, 2.05) is 24.3 Å². The lowest BCUT2D eigenvalue weighted by molar-refractivity contribution is 0.0953. The number of anilines is 3. The molecular weight excluding hydrogens is 532 g/mol. The summed E-state index contributed by atoms with van der Waals surface area (Å²) in [7, 11) is -0.788. The molecule has 11 nitrogen and oxygen atoms in total. The van der Waals surface area contributed by atoms with Crippen LogP contribution in [-0.2, 0) is 23.0 Å². The highest BCUT2D eigenvalue weighted by Gasteiger charge is 2.26. The first-order chi connectivity index (χ1) is 19.1. The Labute approximate surface area is 233 Å². The van der Waals surface area contributed by atoms with Gasteiger partial charge in [0.05, 0.1) is 24.1 Å². The van der Waals surface area contributed by atoms with Gasteiger partial charge in [-0.05, 0) is 73.4 Å². The molecule has 0 spiro atoms. The van der Waals surface area contributed by atoms with E-state index in [2.05, 4.69) is 20.6 Å². The molecule has 4 N–H and O–H groups in total. The maximum Gasteiger partial charge on any atom is 0.254 e. The van der Waals surface area contributed by atoms with Crippen molar-refractivity contribution in [1.82, 2.24) is 19.6 Å². The summed E-state index contributed by atoms with van der Waals surface area (Å²) < 4.78 is 38.5. The predicted molar refractivity (Wildman–Crippen MR) is 152 cm³/mol. The van der Waals surface area contributed by atoms with Crippen LogP contribution in [0.2, 0.25) is 0 Å². The van der Waals surface area contributed by atoms with E-state index in [0.717, 1.165) is 11.3 Å². The van der Waals surface area contributed by atoms with Crippen LogP contribution in [0.1, 0.15) is 32.8 Å². The van der Waals surface area contributed by atoms with E-state index < -0.39 is 10.0 Å². The topological polar surface area (TPSA) is 153 Å². The molecule has 2 aromatic carbocycles. The lowest BCUT2D eigenvalue weighted by Gasteiger charge is -2.19. The number of methoxy groups -OCH3 is 1. The average Bonchev–Trinajstić information content (AvgIpc) is 3.37. The third kappa shape index (κ3) is 6.77. The number of nitrogens with zero attached hydrogens (tertiary/aromatic N) is 3. The Morgan fingerprint density at radius 3 is 2.45 bits per heavy atom. The van der Waals surface area contributed by atoms with E-state index in [-0.39, 0.29) is 23.3 Å². The number of aryl methyl sites for hydroxylation is 2. The van der Waals surface area contributed by atoms with Crippen molar-refractivity contribution in [3.63, 3.8) is 0 Å². The van der Waals surface area contributed by atoms with Gasteiger partial charge in [-0.1, -0.05) is 12.1 Å². The van der Waals surface area contributed by atoms with E-state index in [1.54, 1.807) is 44.3 Å². The zero-order valence-corrected chi connectivity index (χ0v) is 23.6. The number of hydrogen-bond donors (Lipinski definition) is 3. The predicted octanol–water partition coefficient (Wildman–Crippen LogP) is 3.81. The number of hydrogen-bond acceptors (Lipinski definition) is 9. The molecule has 40 heavy (non-hydrogen) atoms. The first-order valence-electron chi connectivity index (χ1n) is 12.5. The number of amides is 1. The minimum Gasteiger partial charge on any atom is -0.497 e. The van der Waals surface area contributed by atoms with Crippen molar-refractivity contribution in [2.75, 3.05) is 31.8 Å². The standard InChI is InChI=1S/C28H32N6O5S/c1-18-13-23(38-4)14-19(2)26(18)40(36,37)34(3)16-24-15-21(17-39-24)27(35)30-11-9-20-5-7-22(8-6-20)32-25-10-12-31-28(29)33-25/h5-8,10,12-15,17H,9,11,16H2,1-4H3,(H,30,35)(H3,29,31,32,33). The number of nitrogens with one attached hydrogen (secondary N) is 2. The number of rotatable bonds is 11. The summed E-state index contributed by atoms with van der Waals surface area (Å²) in [6.07, 6.45) is 3.53. The fourth-order valence-corrected chi connectivity index (χ4v) is 5.79. The van der Waals surface area contributed by atoms with Gasteiger partial charge in [0, 0.05) is 25.5 Å². The minimum absolute atomic E-state index is 0.0253. The second-order valence-electron chi connectivity index (χ2n) is 9.28. The summed E-state index contributed by atoms with van der Waals surface area (Å²) in [5.74, 6) is 1.44. The number of furan rings is 1. The molecule has 0 radical (unpaired) electrons. The van der Waals surface area contributed by atoms with Crippen LogP contribution in [0.25, 0.3) is 0 Å². The Morgan fingerprint density at radius 1 is 1.10 bits per heavy atom. The Bertz CT molecular complexity index is 1580. The van der Waals surface area contributed by atoms with Crippen molar-refractivity contribution in [2.45, 2.75) is 31.7 Å². The highest BCUT2D eigenvalue weighted by atomic mass is 32.2. The number of nitrogens with two attached hydrogens (primary N) is 1. The molecule has 1 amide bonds. The van der Waals surface area contributed by atoms with Gasteiger partial charge >= 0.3 is 0 Å². The summed E-state index contributed by atoms with van der Waals surface area (Å²) in [6, 6.07) is 14.4. The van der Waals surface area contributed by atoms with Crippen molar-refractivity contribution in [3.05, 3.63) is 89.0 Å². The van der Waals surface area contributed by atoms with Crippen LogP contribution in [0.4, 0.5) is 17.5 Å². The first kappa shape index (κ1) is 28.6. The number of carbonyl (C=O) groups is 1. The molecule has 210 valence electrons. The third-order valence-corrected chi connectivity index (χ3v) is 8.34. The third-order valence-electron chi connectivity index (χ3n) is 6.23. The fourth-order valence-electron chi connectivity index (χ4n) is 4.25. The molecule has 0 aliphatic rings. The first-order valence-corrected chi connectivity index (χ1v) is 13.9. The fraction of sp³-hybridized carbons (Fsp3) is 0.250. The molecule has 0 fully saturated rings. The van der Waals surface area contributed by atoms with Crippen LogP contribution in [0.3, 0.4) is 0 Å². The number of nitrogen functional groups attached to an aromatic ring is 1. The van der Waals surface area contributed by atoms with Crippen LogP contribution in [0.5, 0.6) is 5.75 Å². The zero-order valence-electron chi connectivity index (χ0n) is 22.8. The second-order valence-corrected chi connectivity index (χ2v) is 11.3. The average molecular weight is 565 g/mol. The van der Waals surface area contributed by atoms with E-state index >= 15 is 0 Å². The van der Waals surface area contributed by atoms with E-state index in [1.165, 1.54) is 24.7 Å². The number of benzene rings is 2. The van der Waals surface area contributed by atoms with Crippen molar-refractivity contribution in [3.8, 4) is 5.75 Å². The van der Waals surface area contributed by atoms with Crippen molar-refractivity contribution >= 4 is 33.4 Å². The molecule has 12 heteroatoms. The smallest absolute Gasteiger partial charge is 0.254 e. The highest BCUT2D eigenvalue weighted by molar-refractivity contribution is 7.89. The second kappa shape index (κ2) is 12.2. The Balaban J connectivity index is 1.30. The van der Waals surface area contributed by atoms with Crippen molar-refractivity contribution in [1.29, 1.82) is 0 Å². The van der Waals surface area contributed by atoms with Crippen molar-refractivity contribution in [2.24, 2.45) is 0 Å². The van der Waals surface area contributed by atoms with Crippen LogP contribution in [0, 0.1) is 13.8 Å². The molecule has 0 unspecified atom stereocenters. The lowest BCUT2D eigenvalue weighted by Crippen LogP contribution is -2.28. The quantitative estimate of drug-likeness (QED) is 0.247. The molecule has 0 bridgehead atoms. The van der Waals surface area contributed by atoms with Crippen LogP contribution >= 0.6 is 0 Å². The highest BCUT2D eigenvalue weighted by Crippen LogP contribution is 2.28. The lowest BCUT2D eigenvalue weighted by atomic mass is 10.1. The van der Waals surface area contributed by atoms with Gasteiger partial charge in [-0.2, -0.15) is 9.29 Å². The van der Waals surface area contributed by atoms with Crippen molar-refractivity contribution < 1.29 is 22.4 Å². The van der Waals surface area contributed by atoms with E-state index in [4.69, 9.17) is 14.9 Å².